The van der Waals surface area contributed by atoms with Crippen molar-refractivity contribution in [3.8, 4) is 0 Å². The van der Waals surface area contributed by atoms with Gasteiger partial charge in [0, 0.05) is 30.2 Å². The Balaban J connectivity index is 1.18. The Labute approximate surface area is 196 Å². The Morgan fingerprint density at radius 3 is 2.85 bits per heavy atom. The number of pyridine rings is 1. The van der Waals surface area contributed by atoms with Crippen LogP contribution >= 0.6 is 0 Å². The molecule has 2 fully saturated rings. The first-order valence-electron chi connectivity index (χ1n) is 12.5. The quantitative estimate of drug-likeness (QED) is 0.388. The molecule has 0 spiro atoms. The van der Waals surface area contributed by atoms with Crippen molar-refractivity contribution in [3.05, 3.63) is 23.4 Å². The summed E-state index contributed by atoms with van der Waals surface area (Å²) in [5.41, 5.74) is 2.54. The van der Waals surface area contributed by atoms with Crippen molar-refractivity contribution in [1.29, 1.82) is 0 Å². The second kappa shape index (κ2) is 10.7. The van der Waals surface area contributed by atoms with Gasteiger partial charge in [0.15, 0.2) is 0 Å². The summed E-state index contributed by atoms with van der Waals surface area (Å²) in [5.74, 6) is 0.0442. The Kier molecular flexibility index (Phi) is 7.73. The van der Waals surface area contributed by atoms with Gasteiger partial charge >= 0.3 is 12.1 Å². The van der Waals surface area contributed by atoms with Crippen molar-refractivity contribution in [2.75, 3.05) is 31.6 Å². The van der Waals surface area contributed by atoms with Crippen LogP contribution in [0.4, 0.5) is 10.6 Å². The molecule has 2 saturated carbocycles. The second-order valence-corrected chi connectivity index (χ2v) is 10.3. The van der Waals surface area contributed by atoms with Gasteiger partial charge in [-0.1, -0.05) is 13.0 Å². The first-order chi connectivity index (χ1) is 15.9. The van der Waals surface area contributed by atoms with Gasteiger partial charge in [-0.25, -0.2) is 14.6 Å². The van der Waals surface area contributed by atoms with Gasteiger partial charge in [-0.2, -0.15) is 0 Å². The van der Waals surface area contributed by atoms with Crippen LogP contribution in [0.15, 0.2) is 12.1 Å². The van der Waals surface area contributed by atoms with E-state index in [2.05, 4.69) is 34.6 Å². The number of alkyl carbamates (subject to hydrolysis) is 1. The third kappa shape index (κ3) is 7.32. The number of nitrogens with one attached hydrogen (secondary N) is 2. The number of aromatic nitrogens is 1. The van der Waals surface area contributed by atoms with Crippen LogP contribution in [-0.4, -0.2) is 65.4 Å². The van der Waals surface area contributed by atoms with Gasteiger partial charge in [0.25, 0.3) is 0 Å². The summed E-state index contributed by atoms with van der Waals surface area (Å²) in [6.45, 7) is 5.04. The van der Waals surface area contributed by atoms with Crippen molar-refractivity contribution in [1.82, 2.24) is 15.2 Å². The lowest BCUT2D eigenvalue weighted by Gasteiger charge is -2.24. The van der Waals surface area contributed by atoms with Gasteiger partial charge in [0.2, 0.25) is 0 Å². The summed E-state index contributed by atoms with van der Waals surface area (Å²) < 4.78 is 5.23. The topological polar surface area (TPSA) is 104 Å². The zero-order valence-corrected chi connectivity index (χ0v) is 19.8. The van der Waals surface area contributed by atoms with E-state index in [9.17, 15) is 14.7 Å². The molecule has 1 unspecified atom stereocenters. The molecule has 3 aliphatic rings. The number of ether oxygens (including phenoxy) is 1. The van der Waals surface area contributed by atoms with Crippen LogP contribution < -0.4 is 10.6 Å². The number of aryl methyl sites for hydroxylation is 2. The Bertz CT molecular complexity index is 838. The molecule has 2 heterocycles. The number of amides is 1. The van der Waals surface area contributed by atoms with Gasteiger partial charge in [0.1, 0.15) is 11.9 Å². The van der Waals surface area contributed by atoms with Crippen molar-refractivity contribution in [2.24, 2.45) is 5.41 Å². The zero-order valence-electron chi connectivity index (χ0n) is 19.8. The molecule has 0 bridgehead atoms. The van der Waals surface area contributed by atoms with Crippen molar-refractivity contribution < 1.29 is 19.4 Å². The highest BCUT2D eigenvalue weighted by Crippen LogP contribution is 2.44. The van der Waals surface area contributed by atoms with Gasteiger partial charge in [0.05, 0.1) is 6.61 Å². The minimum absolute atomic E-state index is 0.0873. The monoisotopic (exact) mass is 458 g/mol. The van der Waals surface area contributed by atoms with Gasteiger partial charge in [-0.05, 0) is 82.4 Å². The summed E-state index contributed by atoms with van der Waals surface area (Å²) in [6, 6.07) is 3.98. The largest absolute Gasteiger partial charge is 0.480 e. The number of anilines is 1. The van der Waals surface area contributed by atoms with E-state index in [0.717, 1.165) is 63.1 Å². The molecular weight excluding hydrogens is 420 g/mol. The van der Waals surface area contributed by atoms with Crippen LogP contribution in [0.1, 0.15) is 69.5 Å². The number of aliphatic carboxylic acids is 1. The summed E-state index contributed by atoms with van der Waals surface area (Å²) >= 11 is 0. The number of carboxylic acids is 1. The normalized spacial score (nSPS) is 19.3. The Morgan fingerprint density at radius 2 is 2.12 bits per heavy atom. The average Bonchev–Trinajstić information content (AvgIpc) is 3.74. The average molecular weight is 459 g/mol. The SMILES string of the molecule is CC1(COC(=O)NC(CCN(CCCCc2ccc3c(n2)NCCC3)C2CC2)C(=O)O)CC1. The maximum absolute atomic E-state index is 12.0. The van der Waals surface area contributed by atoms with E-state index in [0.29, 0.717) is 25.6 Å². The standard InChI is InChI=1S/C25H38N4O4/c1-25(12-13-25)17-33-24(32)28-21(23(30)31)11-16-29(20-9-10-20)15-3-2-6-19-8-7-18-5-4-14-26-22(18)27-19/h7-8,20-21H,2-6,9-17H2,1H3,(H,26,27)(H,28,32)(H,30,31). The molecule has 2 aliphatic carbocycles. The minimum atomic E-state index is -1.01. The Hall–Kier alpha value is -2.35. The fraction of sp³-hybridized carbons (Fsp3) is 0.720. The van der Waals surface area contributed by atoms with Crippen LogP contribution in [0, 0.1) is 5.41 Å². The van der Waals surface area contributed by atoms with Crippen LogP contribution in [0.2, 0.25) is 0 Å². The number of fused-ring (bicyclic) bond motifs is 1. The fourth-order valence-corrected chi connectivity index (χ4v) is 4.38. The molecular formula is C25H38N4O4. The first kappa shape index (κ1) is 23.8. The zero-order chi connectivity index (χ0) is 23.3. The number of hydrogen-bond donors (Lipinski definition) is 3. The molecule has 182 valence electrons. The fourth-order valence-electron chi connectivity index (χ4n) is 4.38. The number of nitrogens with zero attached hydrogens (tertiary/aromatic N) is 2. The highest BCUT2D eigenvalue weighted by Gasteiger charge is 2.39. The van der Waals surface area contributed by atoms with E-state index >= 15 is 0 Å². The molecule has 8 heteroatoms. The summed E-state index contributed by atoms with van der Waals surface area (Å²) in [5, 5.41) is 15.5. The maximum Gasteiger partial charge on any atom is 0.407 e. The lowest BCUT2D eigenvalue weighted by molar-refractivity contribution is -0.139. The highest BCUT2D eigenvalue weighted by molar-refractivity contribution is 5.79. The van der Waals surface area contributed by atoms with E-state index in [1.807, 2.05) is 0 Å². The predicted molar refractivity (Wildman–Crippen MR) is 126 cm³/mol. The molecule has 1 amide bonds. The van der Waals surface area contributed by atoms with Gasteiger partial charge < -0.3 is 25.4 Å². The minimum Gasteiger partial charge on any atom is -0.480 e. The number of hydrogen-bond acceptors (Lipinski definition) is 6. The van der Waals surface area contributed by atoms with E-state index in [-0.39, 0.29) is 5.41 Å². The molecule has 8 nitrogen and oxygen atoms in total. The van der Waals surface area contributed by atoms with Crippen molar-refractivity contribution in [3.63, 3.8) is 0 Å². The van der Waals surface area contributed by atoms with Gasteiger partial charge in [-0.15, -0.1) is 0 Å². The molecule has 0 aromatic carbocycles. The van der Waals surface area contributed by atoms with Crippen molar-refractivity contribution in [2.45, 2.75) is 83.2 Å². The third-order valence-electron chi connectivity index (χ3n) is 7.09. The third-order valence-corrected chi connectivity index (χ3v) is 7.09. The molecule has 4 rings (SSSR count). The first-order valence-corrected chi connectivity index (χ1v) is 12.5. The molecule has 1 atom stereocenters. The number of carbonyl (C=O) groups excluding carboxylic acids is 1. The van der Waals surface area contributed by atoms with E-state index in [1.165, 1.54) is 24.8 Å². The smallest absolute Gasteiger partial charge is 0.407 e. The van der Waals surface area contributed by atoms with Crippen LogP contribution in [0.3, 0.4) is 0 Å². The molecule has 0 saturated heterocycles. The molecule has 1 aromatic rings. The predicted octanol–water partition coefficient (Wildman–Crippen LogP) is 3.60. The Morgan fingerprint density at radius 1 is 1.30 bits per heavy atom. The number of rotatable bonds is 13. The van der Waals surface area contributed by atoms with Gasteiger partial charge in [-0.3, -0.25) is 0 Å². The lowest BCUT2D eigenvalue weighted by Crippen LogP contribution is -2.44. The van der Waals surface area contributed by atoms with Crippen LogP contribution in [-0.2, 0) is 22.4 Å². The van der Waals surface area contributed by atoms with E-state index in [4.69, 9.17) is 9.72 Å². The van der Waals surface area contributed by atoms with Crippen molar-refractivity contribution >= 4 is 17.9 Å². The summed E-state index contributed by atoms with van der Waals surface area (Å²) in [7, 11) is 0. The number of unbranched alkanes of at least 4 members (excludes halogenated alkanes) is 1. The molecule has 1 aromatic heterocycles. The molecule has 0 radical (unpaired) electrons. The summed E-state index contributed by atoms with van der Waals surface area (Å²) in [4.78, 5) is 30.9. The van der Waals surface area contributed by atoms with Crippen LogP contribution in [0.25, 0.3) is 0 Å². The molecule has 33 heavy (non-hydrogen) atoms. The van der Waals surface area contributed by atoms with E-state index < -0.39 is 18.1 Å². The number of carboxylic acid groups (broad SMARTS) is 1. The maximum atomic E-state index is 12.0. The highest BCUT2D eigenvalue weighted by atomic mass is 16.5. The van der Waals surface area contributed by atoms with Crippen LogP contribution in [0.5, 0.6) is 0 Å². The van der Waals surface area contributed by atoms with E-state index in [1.54, 1.807) is 0 Å². The second-order valence-electron chi connectivity index (χ2n) is 10.3. The number of carbonyl (C=O) groups is 2. The molecule has 3 N–H and O–H groups in total. The lowest BCUT2D eigenvalue weighted by atomic mass is 10.1. The summed E-state index contributed by atoms with van der Waals surface area (Å²) in [6.07, 6.45) is 9.55. The molecule has 1 aliphatic heterocycles.